The number of imidazole rings is 1. The molecule has 3 rings (SSSR count). The molecule has 1 heterocycles. The number of Topliss-reactive ketones (excluding diaryl/α,β-unsaturated/α-hetero) is 1. The van der Waals surface area contributed by atoms with Crippen LogP contribution in [0, 0.1) is 0 Å². The lowest BCUT2D eigenvalue weighted by Gasteiger charge is -2.20. The summed E-state index contributed by atoms with van der Waals surface area (Å²) in [6.45, 7) is 1.63. The molecule has 1 aromatic heterocycles. The number of hydrogen-bond acceptors (Lipinski definition) is 2. The molecule has 0 spiro atoms. The Morgan fingerprint density at radius 3 is 2.75 bits per heavy atom. The second kappa shape index (κ2) is 5.39. The van der Waals surface area contributed by atoms with Crippen LogP contribution in [0.2, 0.25) is 0 Å². The molecule has 20 heavy (non-hydrogen) atoms. The molecule has 1 aromatic carbocycles. The van der Waals surface area contributed by atoms with Gasteiger partial charge in [0.2, 0.25) is 0 Å². The van der Waals surface area contributed by atoms with Crippen molar-refractivity contribution in [2.24, 2.45) is 7.05 Å². The molecule has 1 aliphatic carbocycles. The Labute approximate surface area is 120 Å². The van der Waals surface area contributed by atoms with Gasteiger partial charge in [-0.05, 0) is 37.5 Å². The Balaban J connectivity index is 1.97. The molecule has 1 fully saturated rings. The summed E-state index contributed by atoms with van der Waals surface area (Å²) in [4.78, 5) is 16.1. The summed E-state index contributed by atoms with van der Waals surface area (Å²) in [5, 5.41) is 0. The van der Waals surface area contributed by atoms with Gasteiger partial charge in [-0.1, -0.05) is 25.3 Å². The van der Waals surface area contributed by atoms with E-state index in [9.17, 15) is 4.79 Å². The highest BCUT2D eigenvalue weighted by atomic mass is 16.1. The number of rotatable bonds is 3. The molecule has 3 nitrogen and oxygen atoms in total. The van der Waals surface area contributed by atoms with Gasteiger partial charge in [0.05, 0.1) is 11.0 Å². The topological polar surface area (TPSA) is 34.9 Å². The summed E-state index contributed by atoms with van der Waals surface area (Å²) >= 11 is 0. The molecule has 1 saturated carbocycles. The molecule has 0 unspecified atom stereocenters. The Morgan fingerprint density at radius 2 is 2.05 bits per heavy atom. The summed E-state index contributed by atoms with van der Waals surface area (Å²) in [5.74, 6) is 2.03. The number of carbonyl (C=O) groups is 1. The van der Waals surface area contributed by atoms with E-state index in [4.69, 9.17) is 4.98 Å². The van der Waals surface area contributed by atoms with Crippen LogP contribution in [-0.4, -0.2) is 15.3 Å². The molecular weight excluding hydrogens is 248 g/mol. The number of aromatic nitrogens is 2. The fourth-order valence-electron chi connectivity index (χ4n) is 3.39. The van der Waals surface area contributed by atoms with Crippen LogP contribution in [0.15, 0.2) is 18.2 Å². The summed E-state index contributed by atoms with van der Waals surface area (Å²) in [5.41, 5.74) is 3.28. The highest BCUT2D eigenvalue weighted by Crippen LogP contribution is 2.33. The van der Waals surface area contributed by atoms with Crippen LogP contribution in [0.4, 0.5) is 0 Å². The van der Waals surface area contributed by atoms with Gasteiger partial charge in [-0.3, -0.25) is 4.79 Å². The minimum atomic E-state index is 0.202. The van der Waals surface area contributed by atoms with Crippen molar-refractivity contribution >= 4 is 16.8 Å². The average Bonchev–Trinajstić information content (AvgIpc) is 2.76. The van der Waals surface area contributed by atoms with E-state index in [-0.39, 0.29) is 5.78 Å². The van der Waals surface area contributed by atoms with Crippen molar-refractivity contribution in [2.45, 2.75) is 51.4 Å². The van der Waals surface area contributed by atoms with E-state index in [0.29, 0.717) is 12.3 Å². The van der Waals surface area contributed by atoms with Crippen LogP contribution < -0.4 is 0 Å². The van der Waals surface area contributed by atoms with Crippen molar-refractivity contribution < 1.29 is 4.79 Å². The summed E-state index contributed by atoms with van der Waals surface area (Å²) in [6.07, 6.45) is 7.04. The van der Waals surface area contributed by atoms with Crippen LogP contribution in [0.1, 0.15) is 56.3 Å². The fraction of sp³-hybridized carbons (Fsp3) is 0.529. The second-order valence-electron chi connectivity index (χ2n) is 6.07. The zero-order chi connectivity index (χ0) is 14.1. The molecule has 1 aliphatic rings. The molecule has 0 aliphatic heterocycles. The smallest absolute Gasteiger partial charge is 0.134 e. The first-order valence-corrected chi connectivity index (χ1v) is 7.60. The van der Waals surface area contributed by atoms with Crippen molar-refractivity contribution in [1.29, 1.82) is 0 Å². The normalized spacial score (nSPS) is 16.7. The third-order valence-corrected chi connectivity index (χ3v) is 4.40. The van der Waals surface area contributed by atoms with Crippen LogP contribution in [-0.2, 0) is 18.3 Å². The van der Waals surface area contributed by atoms with E-state index in [1.54, 1.807) is 6.92 Å². The lowest BCUT2D eigenvalue weighted by Crippen LogP contribution is -2.09. The third-order valence-electron chi connectivity index (χ3n) is 4.40. The molecule has 0 bridgehead atoms. The lowest BCUT2D eigenvalue weighted by molar-refractivity contribution is -0.116. The summed E-state index contributed by atoms with van der Waals surface area (Å²) in [6, 6.07) is 6.23. The van der Waals surface area contributed by atoms with Gasteiger partial charge in [0.25, 0.3) is 0 Å². The van der Waals surface area contributed by atoms with Gasteiger partial charge >= 0.3 is 0 Å². The quantitative estimate of drug-likeness (QED) is 0.851. The number of fused-ring (bicyclic) bond motifs is 1. The first-order valence-electron chi connectivity index (χ1n) is 7.60. The standard InChI is InChI=1S/C17H22N2O/c1-12(20)10-13-8-9-16-15(11-13)18-17(19(16)2)14-6-4-3-5-7-14/h8-9,11,14H,3-7,10H2,1-2H3. The first kappa shape index (κ1) is 13.3. The molecular formula is C17H22N2O. The molecule has 0 N–H and O–H groups in total. The number of carbonyl (C=O) groups excluding carboxylic acids is 1. The predicted molar refractivity (Wildman–Crippen MR) is 80.9 cm³/mol. The van der Waals surface area contributed by atoms with Crippen molar-refractivity contribution in [3.05, 3.63) is 29.6 Å². The van der Waals surface area contributed by atoms with Crippen molar-refractivity contribution in [1.82, 2.24) is 9.55 Å². The Morgan fingerprint density at radius 1 is 1.30 bits per heavy atom. The van der Waals surface area contributed by atoms with E-state index in [1.807, 2.05) is 0 Å². The van der Waals surface area contributed by atoms with E-state index in [0.717, 1.165) is 11.1 Å². The number of hydrogen-bond donors (Lipinski definition) is 0. The molecule has 0 atom stereocenters. The number of benzene rings is 1. The van der Waals surface area contributed by atoms with Crippen LogP contribution >= 0.6 is 0 Å². The molecule has 106 valence electrons. The second-order valence-corrected chi connectivity index (χ2v) is 6.07. The van der Waals surface area contributed by atoms with E-state index >= 15 is 0 Å². The molecule has 0 saturated heterocycles. The van der Waals surface area contributed by atoms with Gasteiger partial charge < -0.3 is 4.57 Å². The Kier molecular flexibility index (Phi) is 3.60. The highest BCUT2D eigenvalue weighted by molar-refractivity contribution is 5.81. The van der Waals surface area contributed by atoms with E-state index in [1.165, 1.54) is 43.4 Å². The van der Waals surface area contributed by atoms with Crippen molar-refractivity contribution in [3.8, 4) is 0 Å². The van der Waals surface area contributed by atoms with Crippen molar-refractivity contribution in [3.63, 3.8) is 0 Å². The number of ketones is 1. The highest BCUT2D eigenvalue weighted by Gasteiger charge is 2.21. The summed E-state index contributed by atoms with van der Waals surface area (Å²) in [7, 11) is 2.11. The first-order chi connectivity index (χ1) is 9.65. The maximum atomic E-state index is 11.2. The van der Waals surface area contributed by atoms with Crippen LogP contribution in [0.3, 0.4) is 0 Å². The summed E-state index contributed by atoms with van der Waals surface area (Å²) < 4.78 is 2.24. The number of nitrogens with zero attached hydrogens (tertiary/aromatic N) is 2. The average molecular weight is 270 g/mol. The monoisotopic (exact) mass is 270 g/mol. The number of aryl methyl sites for hydroxylation is 1. The molecule has 3 heteroatoms. The zero-order valence-electron chi connectivity index (χ0n) is 12.4. The maximum Gasteiger partial charge on any atom is 0.134 e. The van der Waals surface area contributed by atoms with Gasteiger partial charge in [0.15, 0.2) is 0 Å². The molecule has 0 amide bonds. The SMILES string of the molecule is CC(=O)Cc1ccc2c(c1)nc(C1CCCCC1)n2C. The minimum Gasteiger partial charge on any atom is -0.331 e. The lowest BCUT2D eigenvalue weighted by atomic mass is 9.89. The van der Waals surface area contributed by atoms with Crippen LogP contribution in [0.5, 0.6) is 0 Å². The molecule has 0 radical (unpaired) electrons. The largest absolute Gasteiger partial charge is 0.331 e. The zero-order valence-corrected chi connectivity index (χ0v) is 12.4. The molecule has 2 aromatic rings. The van der Waals surface area contributed by atoms with Gasteiger partial charge in [-0.15, -0.1) is 0 Å². The van der Waals surface area contributed by atoms with Crippen molar-refractivity contribution in [2.75, 3.05) is 0 Å². The third kappa shape index (κ3) is 2.49. The van der Waals surface area contributed by atoms with E-state index in [2.05, 4.69) is 29.8 Å². The van der Waals surface area contributed by atoms with Gasteiger partial charge in [-0.25, -0.2) is 4.98 Å². The predicted octanol–water partition coefficient (Wildman–Crippen LogP) is 3.75. The minimum absolute atomic E-state index is 0.202. The van der Waals surface area contributed by atoms with E-state index < -0.39 is 0 Å². The Bertz CT molecular complexity index is 636. The maximum absolute atomic E-state index is 11.2. The van der Waals surface area contributed by atoms with Gasteiger partial charge in [0, 0.05) is 19.4 Å². The van der Waals surface area contributed by atoms with Gasteiger partial charge in [-0.2, -0.15) is 0 Å². The fourth-order valence-corrected chi connectivity index (χ4v) is 3.39. The Hall–Kier alpha value is -1.64. The van der Waals surface area contributed by atoms with Crippen LogP contribution in [0.25, 0.3) is 11.0 Å². The van der Waals surface area contributed by atoms with Gasteiger partial charge in [0.1, 0.15) is 11.6 Å².